The fourth-order valence-corrected chi connectivity index (χ4v) is 1.89. The molecule has 0 spiro atoms. The summed E-state index contributed by atoms with van der Waals surface area (Å²) in [6, 6.07) is 13.6. The van der Waals surface area contributed by atoms with Crippen LogP contribution in [0.5, 0.6) is 11.5 Å². The molecule has 0 saturated carbocycles. The number of hydrogen-bond acceptors (Lipinski definition) is 3. The van der Waals surface area contributed by atoms with Gasteiger partial charge in [-0.05, 0) is 23.8 Å². The van der Waals surface area contributed by atoms with Crippen LogP contribution in [0.4, 0.5) is 0 Å². The van der Waals surface area contributed by atoms with Crippen LogP contribution in [0.25, 0.3) is 0 Å². The topological polar surface area (TPSA) is 83.8 Å². The number of carboxylic acid groups (broad SMARTS) is 2. The Balaban J connectivity index is 2.14. The van der Waals surface area contributed by atoms with Crippen LogP contribution < -0.4 is 4.74 Å². The van der Waals surface area contributed by atoms with Crippen molar-refractivity contribution in [3.63, 3.8) is 0 Å². The number of benzene rings is 2. The van der Waals surface area contributed by atoms with E-state index in [0.717, 1.165) is 0 Å². The molecule has 0 fully saturated rings. The van der Waals surface area contributed by atoms with E-state index in [-0.39, 0.29) is 12.8 Å². The fourth-order valence-electron chi connectivity index (χ4n) is 1.89. The molecule has 0 unspecified atom stereocenters. The monoisotopic (exact) mass is 286 g/mol. The first-order valence-electron chi connectivity index (χ1n) is 6.33. The normalized spacial score (nSPS) is 10.1. The van der Waals surface area contributed by atoms with Crippen molar-refractivity contribution in [3.05, 3.63) is 59.7 Å². The lowest BCUT2D eigenvalue weighted by Crippen LogP contribution is -2.02. The molecule has 0 bridgehead atoms. The van der Waals surface area contributed by atoms with Gasteiger partial charge in [0.2, 0.25) is 0 Å². The average Bonchev–Trinajstić information content (AvgIpc) is 2.42. The van der Waals surface area contributed by atoms with Crippen LogP contribution in [-0.2, 0) is 22.4 Å². The molecular weight excluding hydrogens is 272 g/mol. The molecule has 2 rings (SSSR count). The van der Waals surface area contributed by atoms with Gasteiger partial charge in [0.05, 0.1) is 12.8 Å². The second kappa shape index (κ2) is 6.56. The predicted octanol–water partition coefficient (Wildman–Crippen LogP) is 2.73. The van der Waals surface area contributed by atoms with Gasteiger partial charge < -0.3 is 14.9 Å². The first-order valence-corrected chi connectivity index (χ1v) is 6.33. The van der Waals surface area contributed by atoms with Crippen molar-refractivity contribution in [3.8, 4) is 11.5 Å². The number of hydrogen-bond donors (Lipinski definition) is 2. The number of carbonyl (C=O) groups is 2. The second-order valence-corrected chi connectivity index (χ2v) is 4.49. The summed E-state index contributed by atoms with van der Waals surface area (Å²) < 4.78 is 5.66. The van der Waals surface area contributed by atoms with Gasteiger partial charge in [-0.15, -0.1) is 0 Å². The summed E-state index contributed by atoms with van der Waals surface area (Å²) >= 11 is 0. The maximum Gasteiger partial charge on any atom is 0.307 e. The fraction of sp³-hybridized carbons (Fsp3) is 0.125. The lowest BCUT2D eigenvalue weighted by molar-refractivity contribution is -0.137. The molecule has 2 aromatic rings. The predicted molar refractivity (Wildman–Crippen MR) is 75.6 cm³/mol. The van der Waals surface area contributed by atoms with Gasteiger partial charge in [0.25, 0.3) is 0 Å². The summed E-state index contributed by atoms with van der Waals surface area (Å²) in [6.07, 6.45) is -0.164. The lowest BCUT2D eigenvalue weighted by Gasteiger charge is -2.10. The molecule has 0 aromatic heterocycles. The van der Waals surface area contributed by atoms with Gasteiger partial charge in [-0.25, -0.2) is 0 Å². The molecule has 0 amide bonds. The van der Waals surface area contributed by atoms with Gasteiger partial charge in [0, 0.05) is 5.56 Å². The Labute approximate surface area is 121 Å². The second-order valence-electron chi connectivity index (χ2n) is 4.49. The Hall–Kier alpha value is -2.82. The summed E-state index contributed by atoms with van der Waals surface area (Å²) in [5, 5.41) is 17.6. The molecule has 0 saturated heterocycles. The van der Waals surface area contributed by atoms with Gasteiger partial charge in [0.15, 0.2) is 0 Å². The molecule has 2 N–H and O–H groups in total. The molecule has 5 nitrogen and oxygen atoms in total. The zero-order chi connectivity index (χ0) is 15.2. The van der Waals surface area contributed by atoms with Crippen LogP contribution in [0.15, 0.2) is 48.5 Å². The van der Waals surface area contributed by atoms with Crippen molar-refractivity contribution < 1.29 is 24.5 Å². The van der Waals surface area contributed by atoms with E-state index >= 15 is 0 Å². The summed E-state index contributed by atoms with van der Waals surface area (Å²) in [7, 11) is 0. The van der Waals surface area contributed by atoms with Crippen molar-refractivity contribution in [1.29, 1.82) is 0 Å². The highest BCUT2D eigenvalue weighted by atomic mass is 16.5. The van der Waals surface area contributed by atoms with E-state index in [4.69, 9.17) is 14.9 Å². The minimum atomic E-state index is -0.928. The number of aliphatic carboxylic acids is 2. The van der Waals surface area contributed by atoms with E-state index in [2.05, 4.69) is 0 Å². The summed E-state index contributed by atoms with van der Waals surface area (Å²) in [6.45, 7) is 0. The number of rotatable bonds is 6. The molecule has 0 aliphatic heterocycles. The quantitative estimate of drug-likeness (QED) is 0.853. The van der Waals surface area contributed by atoms with Crippen molar-refractivity contribution >= 4 is 11.9 Å². The molecule has 0 radical (unpaired) electrons. The Bertz CT molecular complexity index is 646. The van der Waals surface area contributed by atoms with Crippen LogP contribution in [0.2, 0.25) is 0 Å². The number of para-hydroxylation sites is 1. The molecule has 0 aliphatic carbocycles. The van der Waals surface area contributed by atoms with E-state index < -0.39 is 11.9 Å². The third-order valence-corrected chi connectivity index (χ3v) is 2.82. The average molecular weight is 286 g/mol. The lowest BCUT2D eigenvalue weighted by atomic mass is 10.1. The molecule has 0 heterocycles. The Morgan fingerprint density at radius 3 is 2.10 bits per heavy atom. The molecule has 0 aliphatic rings. The maximum absolute atomic E-state index is 10.8. The van der Waals surface area contributed by atoms with E-state index in [1.165, 1.54) is 0 Å². The highest BCUT2D eigenvalue weighted by molar-refractivity contribution is 5.71. The highest BCUT2D eigenvalue weighted by Gasteiger charge is 2.08. The maximum atomic E-state index is 10.8. The largest absolute Gasteiger partial charge is 0.481 e. The molecule has 21 heavy (non-hydrogen) atoms. The zero-order valence-corrected chi connectivity index (χ0v) is 11.2. The van der Waals surface area contributed by atoms with Crippen LogP contribution >= 0.6 is 0 Å². The Morgan fingerprint density at radius 1 is 0.857 bits per heavy atom. The van der Waals surface area contributed by atoms with Crippen molar-refractivity contribution in [1.82, 2.24) is 0 Å². The standard InChI is InChI=1S/C16H14O5/c17-15(18)9-11-5-7-13(8-6-11)21-14-4-2-1-3-12(14)10-16(19)20/h1-8H,9-10H2,(H,17,18)(H,19,20). The van der Waals surface area contributed by atoms with Crippen molar-refractivity contribution in [2.24, 2.45) is 0 Å². The van der Waals surface area contributed by atoms with Gasteiger partial charge >= 0.3 is 11.9 Å². The third-order valence-electron chi connectivity index (χ3n) is 2.82. The highest BCUT2D eigenvalue weighted by Crippen LogP contribution is 2.26. The van der Waals surface area contributed by atoms with Gasteiger partial charge in [-0.3, -0.25) is 9.59 Å². The smallest absolute Gasteiger partial charge is 0.307 e. The van der Waals surface area contributed by atoms with E-state index in [1.807, 2.05) is 0 Å². The molecule has 2 aromatic carbocycles. The first kappa shape index (κ1) is 14.6. The summed E-state index contributed by atoms with van der Waals surface area (Å²) in [5.74, 6) is -0.814. The first-order chi connectivity index (χ1) is 10.0. The van der Waals surface area contributed by atoms with E-state index in [0.29, 0.717) is 22.6 Å². The molecule has 0 atom stereocenters. The van der Waals surface area contributed by atoms with Gasteiger partial charge in [-0.1, -0.05) is 30.3 Å². The zero-order valence-electron chi connectivity index (χ0n) is 11.2. The summed E-state index contributed by atoms with van der Waals surface area (Å²) in [4.78, 5) is 21.4. The van der Waals surface area contributed by atoms with Gasteiger partial charge in [-0.2, -0.15) is 0 Å². The summed E-state index contributed by atoms with van der Waals surface area (Å²) in [5.41, 5.74) is 1.26. The molecule has 5 heteroatoms. The Morgan fingerprint density at radius 2 is 1.48 bits per heavy atom. The number of carboxylic acids is 2. The van der Waals surface area contributed by atoms with E-state index in [1.54, 1.807) is 48.5 Å². The SMILES string of the molecule is O=C(O)Cc1ccc(Oc2ccccc2CC(=O)O)cc1. The van der Waals surface area contributed by atoms with Crippen molar-refractivity contribution in [2.45, 2.75) is 12.8 Å². The van der Waals surface area contributed by atoms with Crippen LogP contribution in [0.1, 0.15) is 11.1 Å². The van der Waals surface area contributed by atoms with Gasteiger partial charge in [0.1, 0.15) is 11.5 Å². The third kappa shape index (κ3) is 4.35. The minimum absolute atomic E-state index is 0.0458. The van der Waals surface area contributed by atoms with E-state index in [9.17, 15) is 9.59 Å². The van der Waals surface area contributed by atoms with Crippen LogP contribution in [0.3, 0.4) is 0 Å². The minimum Gasteiger partial charge on any atom is -0.481 e. The molecular formula is C16H14O5. The number of ether oxygens (including phenoxy) is 1. The van der Waals surface area contributed by atoms with Crippen LogP contribution in [0, 0.1) is 0 Å². The van der Waals surface area contributed by atoms with Crippen LogP contribution in [-0.4, -0.2) is 22.2 Å². The Kier molecular flexibility index (Phi) is 4.56. The molecule has 108 valence electrons. The van der Waals surface area contributed by atoms with Crippen molar-refractivity contribution in [2.75, 3.05) is 0 Å².